The molecule has 25 heavy (non-hydrogen) atoms. The highest BCUT2D eigenvalue weighted by Crippen LogP contribution is 2.29. The van der Waals surface area contributed by atoms with E-state index in [4.69, 9.17) is 4.74 Å². The summed E-state index contributed by atoms with van der Waals surface area (Å²) in [6.45, 7) is 4.14. The van der Waals surface area contributed by atoms with Gasteiger partial charge >= 0.3 is 12.3 Å². The van der Waals surface area contributed by atoms with E-state index in [0.29, 0.717) is 38.5 Å². The molecule has 2 amide bonds. The number of anilines is 1. The summed E-state index contributed by atoms with van der Waals surface area (Å²) in [7, 11) is 0. The molecule has 1 saturated heterocycles. The van der Waals surface area contributed by atoms with Gasteiger partial charge in [-0.2, -0.15) is 13.2 Å². The minimum atomic E-state index is -4.40. The summed E-state index contributed by atoms with van der Waals surface area (Å²) < 4.78 is 42.4. The second-order valence-electron chi connectivity index (χ2n) is 5.59. The lowest BCUT2D eigenvalue weighted by atomic mass is 10.2. The Hall–Kier alpha value is -2.29. The number of halogens is 3. The molecule has 0 aliphatic carbocycles. The highest BCUT2D eigenvalue weighted by atomic mass is 19.4. The number of alkyl halides is 3. The molecule has 0 aromatic heterocycles. The lowest BCUT2D eigenvalue weighted by Gasteiger charge is -2.33. The van der Waals surface area contributed by atoms with Crippen molar-refractivity contribution in [3.05, 3.63) is 29.8 Å². The Labute approximate surface area is 143 Å². The predicted octanol–water partition coefficient (Wildman–Crippen LogP) is 2.42. The van der Waals surface area contributed by atoms with E-state index in [9.17, 15) is 22.8 Å². The second-order valence-corrected chi connectivity index (χ2v) is 5.59. The summed E-state index contributed by atoms with van der Waals surface area (Å²) in [5.74, 6) is -0.315. The van der Waals surface area contributed by atoms with E-state index in [2.05, 4.69) is 5.32 Å². The van der Waals surface area contributed by atoms with Gasteiger partial charge in [-0.15, -0.1) is 0 Å². The van der Waals surface area contributed by atoms with Gasteiger partial charge in [0.15, 0.2) is 0 Å². The third-order valence-electron chi connectivity index (χ3n) is 3.76. The smallest absolute Gasteiger partial charge is 0.416 e. The van der Waals surface area contributed by atoms with Gasteiger partial charge in [-0.05, 0) is 31.2 Å². The van der Waals surface area contributed by atoms with E-state index in [0.717, 1.165) is 12.1 Å². The molecular weight excluding hydrogens is 339 g/mol. The zero-order chi connectivity index (χ0) is 18.4. The Morgan fingerprint density at radius 1 is 1.12 bits per heavy atom. The fraction of sp³-hybridized carbons (Fsp3) is 0.500. The van der Waals surface area contributed by atoms with Crippen LogP contribution in [-0.2, 0) is 15.7 Å². The maximum atomic E-state index is 12.5. The molecule has 0 radical (unpaired) electrons. The summed E-state index contributed by atoms with van der Waals surface area (Å²) in [5.41, 5.74) is -0.455. The fourth-order valence-corrected chi connectivity index (χ4v) is 2.45. The van der Waals surface area contributed by atoms with Gasteiger partial charge in [-0.3, -0.25) is 9.69 Å². The molecule has 1 N–H and O–H groups in total. The Morgan fingerprint density at radius 2 is 1.72 bits per heavy atom. The minimum Gasteiger partial charge on any atom is -0.450 e. The summed E-state index contributed by atoms with van der Waals surface area (Å²) >= 11 is 0. The van der Waals surface area contributed by atoms with Gasteiger partial charge in [0.2, 0.25) is 5.91 Å². The Bertz CT molecular complexity index is 597. The Morgan fingerprint density at radius 3 is 2.24 bits per heavy atom. The summed E-state index contributed by atoms with van der Waals surface area (Å²) in [6, 6.07) is 4.29. The number of amides is 2. The van der Waals surface area contributed by atoms with Crippen LogP contribution in [0.2, 0.25) is 0 Å². The number of hydrogen-bond acceptors (Lipinski definition) is 4. The van der Waals surface area contributed by atoms with Gasteiger partial charge in [0.05, 0.1) is 18.7 Å². The lowest BCUT2D eigenvalue weighted by molar-refractivity contribution is -0.137. The van der Waals surface area contributed by atoms with Crippen molar-refractivity contribution in [3.63, 3.8) is 0 Å². The molecule has 6 nitrogen and oxygen atoms in total. The first-order valence-electron chi connectivity index (χ1n) is 7.90. The normalized spacial score (nSPS) is 15.8. The van der Waals surface area contributed by atoms with Gasteiger partial charge in [-0.25, -0.2) is 4.79 Å². The van der Waals surface area contributed by atoms with Crippen molar-refractivity contribution in [2.45, 2.75) is 13.1 Å². The van der Waals surface area contributed by atoms with Gasteiger partial charge in [-0.1, -0.05) is 0 Å². The van der Waals surface area contributed by atoms with Crippen LogP contribution in [0, 0.1) is 0 Å². The number of carbonyl (C=O) groups is 2. The zero-order valence-electron chi connectivity index (χ0n) is 13.8. The van der Waals surface area contributed by atoms with Crippen LogP contribution in [-0.4, -0.2) is 61.1 Å². The van der Waals surface area contributed by atoms with Gasteiger partial charge in [0.1, 0.15) is 0 Å². The number of benzene rings is 1. The van der Waals surface area contributed by atoms with Crippen molar-refractivity contribution in [1.82, 2.24) is 9.80 Å². The zero-order valence-corrected chi connectivity index (χ0v) is 13.8. The molecule has 1 fully saturated rings. The van der Waals surface area contributed by atoms with Crippen LogP contribution >= 0.6 is 0 Å². The van der Waals surface area contributed by atoms with E-state index < -0.39 is 11.7 Å². The number of piperazine rings is 1. The molecule has 0 bridgehead atoms. The topological polar surface area (TPSA) is 61.9 Å². The van der Waals surface area contributed by atoms with Crippen LogP contribution in [0.4, 0.5) is 23.7 Å². The van der Waals surface area contributed by atoms with E-state index in [1.807, 2.05) is 4.90 Å². The number of hydrogen-bond donors (Lipinski definition) is 1. The van der Waals surface area contributed by atoms with Crippen molar-refractivity contribution in [2.24, 2.45) is 0 Å². The van der Waals surface area contributed by atoms with Crippen LogP contribution in [0.5, 0.6) is 0 Å². The first-order valence-corrected chi connectivity index (χ1v) is 7.90. The predicted molar refractivity (Wildman–Crippen MR) is 85.1 cm³/mol. The SMILES string of the molecule is CCOC(=O)N1CCN(CC(=O)Nc2ccc(C(F)(F)F)cc2)CC1. The van der Waals surface area contributed by atoms with E-state index >= 15 is 0 Å². The molecule has 9 heteroatoms. The average molecular weight is 359 g/mol. The molecule has 1 aromatic rings. The molecule has 0 spiro atoms. The highest BCUT2D eigenvalue weighted by Gasteiger charge is 2.30. The van der Waals surface area contributed by atoms with Crippen LogP contribution in [0.1, 0.15) is 12.5 Å². The van der Waals surface area contributed by atoms with Crippen LogP contribution < -0.4 is 5.32 Å². The maximum Gasteiger partial charge on any atom is 0.416 e. The molecule has 0 unspecified atom stereocenters. The van der Waals surface area contributed by atoms with Gasteiger partial charge in [0.25, 0.3) is 0 Å². The number of rotatable bonds is 4. The van der Waals surface area contributed by atoms with Crippen LogP contribution in [0.25, 0.3) is 0 Å². The van der Waals surface area contributed by atoms with Crippen LogP contribution in [0.3, 0.4) is 0 Å². The number of nitrogens with zero attached hydrogens (tertiary/aromatic N) is 2. The highest BCUT2D eigenvalue weighted by molar-refractivity contribution is 5.92. The largest absolute Gasteiger partial charge is 0.450 e. The van der Waals surface area contributed by atoms with E-state index in [-0.39, 0.29) is 18.5 Å². The average Bonchev–Trinajstić information content (AvgIpc) is 2.55. The molecule has 0 saturated carbocycles. The van der Waals surface area contributed by atoms with Crippen molar-refractivity contribution in [1.29, 1.82) is 0 Å². The lowest BCUT2D eigenvalue weighted by Crippen LogP contribution is -2.50. The molecule has 1 aliphatic rings. The monoisotopic (exact) mass is 359 g/mol. The first kappa shape index (κ1) is 19.0. The molecular formula is C16H20F3N3O3. The standard InChI is InChI=1S/C16H20F3N3O3/c1-2-25-15(24)22-9-7-21(8-10-22)11-14(23)20-13-5-3-12(4-6-13)16(17,18)19/h3-6H,2,7-11H2,1H3,(H,20,23). The van der Waals surface area contributed by atoms with Gasteiger partial charge in [0, 0.05) is 31.9 Å². The third-order valence-corrected chi connectivity index (χ3v) is 3.76. The van der Waals surface area contributed by atoms with Crippen LogP contribution in [0.15, 0.2) is 24.3 Å². The number of nitrogens with one attached hydrogen (secondary N) is 1. The molecule has 1 aromatic carbocycles. The fourth-order valence-electron chi connectivity index (χ4n) is 2.45. The molecule has 138 valence electrons. The first-order chi connectivity index (χ1) is 11.8. The number of carbonyl (C=O) groups excluding carboxylic acids is 2. The molecule has 0 atom stereocenters. The van der Waals surface area contributed by atoms with Crippen molar-refractivity contribution >= 4 is 17.7 Å². The third kappa shape index (κ3) is 5.63. The van der Waals surface area contributed by atoms with E-state index in [1.165, 1.54) is 12.1 Å². The Balaban J connectivity index is 1.78. The van der Waals surface area contributed by atoms with E-state index in [1.54, 1.807) is 11.8 Å². The van der Waals surface area contributed by atoms with Gasteiger partial charge < -0.3 is 15.0 Å². The number of ether oxygens (including phenoxy) is 1. The second kappa shape index (κ2) is 8.19. The maximum absolute atomic E-state index is 12.5. The Kier molecular flexibility index (Phi) is 6.24. The van der Waals surface area contributed by atoms with Crippen molar-refractivity contribution < 1.29 is 27.5 Å². The minimum absolute atomic E-state index is 0.109. The summed E-state index contributed by atoms with van der Waals surface area (Å²) in [5, 5.41) is 2.57. The quantitative estimate of drug-likeness (QED) is 0.897. The molecule has 2 rings (SSSR count). The summed E-state index contributed by atoms with van der Waals surface area (Å²) in [4.78, 5) is 27.0. The van der Waals surface area contributed by atoms with Crippen molar-refractivity contribution in [3.8, 4) is 0 Å². The van der Waals surface area contributed by atoms with Crippen molar-refractivity contribution in [2.75, 3.05) is 44.6 Å². The molecule has 1 heterocycles. The summed E-state index contributed by atoms with van der Waals surface area (Å²) in [6.07, 6.45) is -4.77. The molecule has 1 aliphatic heterocycles.